The third kappa shape index (κ3) is 3.86. The maximum atomic E-state index is 12.8. The van der Waals surface area contributed by atoms with E-state index in [-0.39, 0.29) is 13.2 Å². The van der Waals surface area contributed by atoms with Gasteiger partial charge in [-0.05, 0) is 42.3 Å². The Morgan fingerprint density at radius 1 is 1.20 bits per heavy atom. The first-order valence-corrected chi connectivity index (χ1v) is 9.89. The van der Waals surface area contributed by atoms with Crippen molar-refractivity contribution < 1.29 is 19.1 Å². The summed E-state index contributed by atoms with van der Waals surface area (Å²) in [5.41, 5.74) is 2.77. The Balaban J connectivity index is 1.58. The molecular weight excluding hydrogens is 429 g/mol. The molecule has 0 bridgehead atoms. The highest BCUT2D eigenvalue weighted by molar-refractivity contribution is 6.31. The molecule has 0 fully saturated rings. The Kier molecular flexibility index (Phi) is 5.40. The number of carbonyl (C=O) groups is 3. The molecule has 2 aromatic carbocycles. The van der Waals surface area contributed by atoms with Crippen molar-refractivity contribution in [2.24, 2.45) is 0 Å². The quantitative estimate of drug-likeness (QED) is 0.700. The van der Waals surface area contributed by atoms with Crippen LogP contribution in [0.3, 0.4) is 0 Å². The van der Waals surface area contributed by atoms with E-state index in [1.54, 1.807) is 42.5 Å². The number of halogens is 2. The molecule has 2 aliphatic heterocycles. The minimum Gasteiger partial charge on any atom is -0.456 e. The third-order valence-corrected chi connectivity index (χ3v) is 5.62. The zero-order valence-electron chi connectivity index (χ0n) is 15.9. The molecule has 0 spiro atoms. The lowest BCUT2D eigenvalue weighted by Gasteiger charge is -2.32. The molecule has 4 rings (SSSR count). The van der Waals surface area contributed by atoms with Gasteiger partial charge in [-0.3, -0.25) is 9.69 Å². The number of hydrogen-bond acceptors (Lipinski definition) is 4. The molecule has 0 saturated heterocycles. The number of rotatable bonds is 4. The van der Waals surface area contributed by atoms with Crippen molar-refractivity contribution in [2.75, 3.05) is 18.5 Å². The third-order valence-electron chi connectivity index (χ3n) is 4.96. The Morgan fingerprint density at radius 2 is 1.93 bits per heavy atom. The van der Waals surface area contributed by atoms with E-state index in [1.165, 1.54) is 4.90 Å². The number of ether oxygens (including phenoxy) is 1. The van der Waals surface area contributed by atoms with Gasteiger partial charge in [-0.1, -0.05) is 41.4 Å². The number of nitrogens with zero attached hydrogens (tertiary/aromatic N) is 1. The van der Waals surface area contributed by atoms with Gasteiger partial charge < -0.3 is 15.4 Å². The molecule has 2 heterocycles. The molecule has 2 aliphatic rings. The van der Waals surface area contributed by atoms with E-state index >= 15 is 0 Å². The van der Waals surface area contributed by atoms with Crippen molar-refractivity contribution >= 4 is 46.8 Å². The summed E-state index contributed by atoms with van der Waals surface area (Å²) in [6.07, 6.45) is 0. The average molecular weight is 446 g/mol. The molecule has 0 aromatic heterocycles. The number of anilines is 1. The fraction of sp³-hybridized carbons (Fsp3) is 0.190. The number of aryl methyl sites for hydroxylation is 1. The van der Waals surface area contributed by atoms with Gasteiger partial charge in [0.1, 0.15) is 13.2 Å². The molecule has 30 heavy (non-hydrogen) atoms. The van der Waals surface area contributed by atoms with Gasteiger partial charge in [0, 0.05) is 15.7 Å². The summed E-state index contributed by atoms with van der Waals surface area (Å²) in [4.78, 5) is 38.9. The molecule has 1 unspecified atom stereocenters. The summed E-state index contributed by atoms with van der Waals surface area (Å²) in [7, 11) is 0. The summed E-state index contributed by atoms with van der Waals surface area (Å²) in [6, 6.07) is 10.8. The zero-order valence-corrected chi connectivity index (χ0v) is 17.4. The zero-order chi connectivity index (χ0) is 21.4. The van der Waals surface area contributed by atoms with Crippen LogP contribution in [0.2, 0.25) is 10.0 Å². The summed E-state index contributed by atoms with van der Waals surface area (Å²) in [5, 5.41) is 6.55. The molecule has 0 radical (unpaired) electrons. The van der Waals surface area contributed by atoms with Crippen molar-refractivity contribution in [1.82, 2.24) is 10.2 Å². The van der Waals surface area contributed by atoms with Crippen LogP contribution in [0.1, 0.15) is 17.2 Å². The molecule has 154 valence electrons. The SMILES string of the molecule is Cc1ccc(NC(=O)CN2C(=O)NC(c3ccc(Cl)cc3)C3=C2COC3=O)cc1Cl. The van der Waals surface area contributed by atoms with Crippen molar-refractivity contribution in [1.29, 1.82) is 0 Å². The number of urea groups is 1. The number of esters is 1. The van der Waals surface area contributed by atoms with E-state index < -0.39 is 23.9 Å². The van der Waals surface area contributed by atoms with Gasteiger partial charge in [0.05, 0.1) is 17.3 Å². The van der Waals surface area contributed by atoms with Crippen molar-refractivity contribution in [2.45, 2.75) is 13.0 Å². The topological polar surface area (TPSA) is 87.7 Å². The van der Waals surface area contributed by atoms with Crippen LogP contribution in [-0.2, 0) is 14.3 Å². The second-order valence-electron chi connectivity index (χ2n) is 6.97. The van der Waals surface area contributed by atoms with Crippen LogP contribution in [0.15, 0.2) is 53.7 Å². The van der Waals surface area contributed by atoms with E-state index in [2.05, 4.69) is 10.6 Å². The highest BCUT2D eigenvalue weighted by Crippen LogP contribution is 2.35. The lowest BCUT2D eigenvalue weighted by atomic mass is 9.96. The Hall–Kier alpha value is -3.03. The average Bonchev–Trinajstić information content (AvgIpc) is 3.09. The molecule has 1 atom stereocenters. The Bertz CT molecular complexity index is 1080. The molecule has 0 aliphatic carbocycles. The van der Waals surface area contributed by atoms with E-state index in [1.807, 2.05) is 6.92 Å². The van der Waals surface area contributed by atoms with Gasteiger partial charge in [0.15, 0.2) is 0 Å². The predicted octanol–water partition coefficient (Wildman–Crippen LogP) is 3.82. The summed E-state index contributed by atoms with van der Waals surface area (Å²) < 4.78 is 5.16. The van der Waals surface area contributed by atoms with Gasteiger partial charge in [0.2, 0.25) is 5.91 Å². The number of nitrogens with one attached hydrogen (secondary N) is 2. The molecule has 9 heteroatoms. The van der Waals surface area contributed by atoms with E-state index in [0.29, 0.717) is 32.6 Å². The van der Waals surface area contributed by atoms with Crippen LogP contribution < -0.4 is 10.6 Å². The standard InChI is InChI=1S/C21H17Cl2N3O4/c1-11-2-7-14(8-15(11)23)24-17(27)9-26-16-10-30-20(28)18(16)19(25-21(26)29)12-3-5-13(22)6-4-12/h2-8,19H,9-10H2,1H3,(H,24,27)(H,25,29). The molecule has 7 nitrogen and oxygen atoms in total. The number of carbonyl (C=O) groups excluding carboxylic acids is 3. The van der Waals surface area contributed by atoms with E-state index in [0.717, 1.165) is 5.56 Å². The van der Waals surface area contributed by atoms with Crippen LogP contribution in [0.5, 0.6) is 0 Å². The number of benzene rings is 2. The van der Waals surface area contributed by atoms with E-state index in [9.17, 15) is 14.4 Å². The Morgan fingerprint density at radius 3 is 2.63 bits per heavy atom. The molecule has 0 saturated carbocycles. The monoisotopic (exact) mass is 445 g/mol. The number of hydrogen-bond donors (Lipinski definition) is 2. The first kappa shape index (κ1) is 20.3. The summed E-state index contributed by atoms with van der Waals surface area (Å²) >= 11 is 12.0. The lowest BCUT2D eigenvalue weighted by molar-refractivity contribution is -0.136. The molecular formula is C21H17Cl2N3O4. The summed E-state index contributed by atoms with van der Waals surface area (Å²) in [5.74, 6) is -0.957. The first-order chi connectivity index (χ1) is 14.3. The van der Waals surface area contributed by atoms with Gasteiger partial charge in [-0.25, -0.2) is 9.59 Å². The fourth-order valence-corrected chi connectivity index (χ4v) is 3.70. The normalized spacial score (nSPS) is 18.1. The second-order valence-corrected chi connectivity index (χ2v) is 7.81. The fourth-order valence-electron chi connectivity index (χ4n) is 3.40. The van der Waals surface area contributed by atoms with Gasteiger partial charge in [-0.2, -0.15) is 0 Å². The highest BCUT2D eigenvalue weighted by Gasteiger charge is 2.42. The van der Waals surface area contributed by atoms with Crippen LogP contribution in [-0.4, -0.2) is 36.0 Å². The van der Waals surface area contributed by atoms with Crippen LogP contribution in [0.25, 0.3) is 0 Å². The smallest absolute Gasteiger partial charge is 0.338 e. The lowest BCUT2D eigenvalue weighted by Crippen LogP contribution is -2.49. The highest BCUT2D eigenvalue weighted by atomic mass is 35.5. The first-order valence-electron chi connectivity index (χ1n) is 9.13. The van der Waals surface area contributed by atoms with Crippen LogP contribution in [0, 0.1) is 6.92 Å². The maximum Gasteiger partial charge on any atom is 0.338 e. The van der Waals surface area contributed by atoms with Gasteiger partial charge in [0.25, 0.3) is 0 Å². The van der Waals surface area contributed by atoms with Crippen molar-refractivity contribution in [3.63, 3.8) is 0 Å². The van der Waals surface area contributed by atoms with Crippen molar-refractivity contribution in [3.05, 3.63) is 74.9 Å². The largest absolute Gasteiger partial charge is 0.456 e. The maximum absolute atomic E-state index is 12.8. The van der Waals surface area contributed by atoms with Gasteiger partial charge >= 0.3 is 12.0 Å². The predicted molar refractivity (Wildman–Crippen MR) is 112 cm³/mol. The van der Waals surface area contributed by atoms with Gasteiger partial charge in [-0.15, -0.1) is 0 Å². The molecule has 2 N–H and O–H groups in total. The minimum atomic E-state index is -0.671. The molecule has 2 aromatic rings. The Labute approximate surface area is 182 Å². The van der Waals surface area contributed by atoms with E-state index in [4.69, 9.17) is 27.9 Å². The molecule has 3 amide bonds. The second kappa shape index (κ2) is 8.01. The number of cyclic esters (lactones) is 1. The van der Waals surface area contributed by atoms with Crippen LogP contribution in [0.4, 0.5) is 10.5 Å². The van der Waals surface area contributed by atoms with Crippen molar-refractivity contribution in [3.8, 4) is 0 Å². The minimum absolute atomic E-state index is 0.0741. The summed E-state index contributed by atoms with van der Waals surface area (Å²) in [6.45, 7) is 1.50. The number of amides is 3. The van der Waals surface area contributed by atoms with Crippen LogP contribution >= 0.6 is 23.2 Å².